The Morgan fingerprint density at radius 2 is 0.774 bits per heavy atom. The molecule has 0 amide bonds. The van der Waals surface area contributed by atoms with Crippen LogP contribution in [0.1, 0.15) is 128 Å². The van der Waals surface area contributed by atoms with Gasteiger partial charge in [0.2, 0.25) is 0 Å². The zero-order chi connectivity index (χ0) is 22.8. The van der Waals surface area contributed by atoms with E-state index in [1.165, 1.54) is 89.9 Å². The molecule has 0 saturated heterocycles. The lowest BCUT2D eigenvalue weighted by molar-refractivity contribution is -0.0129. The van der Waals surface area contributed by atoms with Crippen molar-refractivity contribution in [2.45, 2.75) is 141 Å². The van der Waals surface area contributed by atoms with E-state index in [-0.39, 0.29) is 0 Å². The van der Waals surface area contributed by atoms with E-state index >= 15 is 0 Å². The molecule has 0 spiro atoms. The fourth-order valence-corrected chi connectivity index (χ4v) is 3.97. The summed E-state index contributed by atoms with van der Waals surface area (Å²) in [5.41, 5.74) is 0. The quantitative estimate of drug-likeness (QED) is 0.107. The summed E-state index contributed by atoms with van der Waals surface area (Å²) < 4.78 is 5.53. The van der Waals surface area contributed by atoms with E-state index in [0.717, 1.165) is 38.5 Å². The zero-order valence-electron chi connectivity index (χ0n) is 20.6. The third-order valence-electron chi connectivity index (χ3n) is 6.01. The van der Waals surface area contributed by atoms with Crippen LogP contribution in [0.2, 0.25) is 0 Å². The summed E-state index contributed by atoms with van der Waals surface area (Å²) in [4.78, 5) is 0. The lowest BCUT2D eigenvalue weighted by Gasteiger charge is -2.14. The van der Waals surface area contributed by atoms with Gasteiger partial charge >= 0.3 is 0 Å². The zero-order valence-corrected chi connectivity index (χ0v) is 20.6. The SMILES string of the molecule is C=CCCCCCCCCCCC(O)COCC(O)CCCCCCCCCCC=C. The maximum Gasteiger partial charge on any atom is 0.0773 e. The Kier molecular flexibility index (Phi) is 25.1. The molecule has 0 aromatic rings. The number of rotatable bonds is 26. The molecule has 0 rings (SSSR count). The normalized spacial score (nSPS) is 13.2. The number of aliphatic hydroxyl groups excluding tert-OH is 2. The molecule has 2 atom stereocenters. The van der Waals surface area contributed by atoms with Crippen LogP contribution in [-0.4, -0.2) is 35.6 Å². The first-order valence-electron chi connectivity index (χ1n) is 13.4. The van der Waals surface area contributed by atoms with E-state index in [9.17, 15) is 10.2 Å². The van der Waals surface area contributed by atoms with Gasteiger partial charge in [-0.05, 0) is 38.5 Å². The summed E-state index contributed by atoms with van der Waals surface area (Å²) in [7, 11) is 0. The Labute approximate surface area is 194 Å². The van der Waals surface area contributed by atoms with Crippen LogP contribution < -0.4 is 0 Å². The summed E-state index contributed by atoms with van der Waals surface area (Å²) in [6.07, 6.45) is 27.4. The van der Waals surface area contributed by atoms with E-state index < -0.39 is 12.2 Å². The molecule has 0 bridgehead atoms. The van der Waals surface area contributed by atoms with Crippen molar-refractivity contribution in [1.29, 1.82) is 0 Å². The smallest absolute Gasteiger partial charge is 0.0773 e. The molecule has 3 heteroatoms. The number of aliphatic hydroxyl groups is 2. The monoisotopic (exact) mass is 438 g/mol. The summed E-state index contributed by atoms with van der Waals surface area (Å²) in [5.74, 6) is 0. The minimum Gasteiger partial charge on any atom is -0.391 e. The molecular weight excluding hydrogens is 384 g/mol. The first kappa shape index (κ1) is 30.4. The van der Waals surface area contributed by atoms with E-state index in [1.807, 2.05) is 12.2 Å². The molecule has 0 saturated carbocycles. The first-order valence-corrected chi connectivity index (χ1v) is 13.4. The van der Waals surface area contributed by atoms with Crippen LogP contribution in [0.15, 0.2) is 25.3 Å². The molecule has 0 heterocycles. The average Bonchev–Trinajstić information content (AvgIpc) is 2.76. The van der Waals surface area contributed by atoms with Gasteiger partial charge in [0, 0.05) is 0 Å². The van der Waals surface area contributed by atoms with Crippen molar-refractivity contribution < 1.29 is 14.9 Å². The summed E-state index contributed by atoms with van der Waals surface area (Å²) in [6.45, 7) is 8.22. The van der Waals surface area contributed by atoms with Gasteiger partial charge in [-0.15, -0.1) is 13.2 Å². The highest BCUT2D eigenvalue weighted by Gasteiger charge is 2.08. The highest BCUT2D eigenvalue weighted by atomic mass is 16.5. The number of allylic oxidation sites excluding steroid dienone is 2. The molecule has 3 nitrogen and oxygen atoms in total. The third kappa shape index (κ3) is 25.5. The van der Waals surface area contributed by atoms with Gasteiger partial charge in [-0.25, -0.2) is 0 Å². The molecule has 0 radical (unpaired) electrons. The molecule has 0 aromatic carbocycles. The van der Waals surface area contributed by atoms with Gasteiger partial charge in [-0.3, -0.25) is 0 Å². The number of hydrogen-bond acceptors (Lipinski definition) is 3. The first-order chi connectivity index (χ1) is 15.2. The van der Waals surface area contributed by atoms with Gasteiger partial charge in [-0.2, -0.15) is 0 Å². The average molecular weight is 439 g/mol. The number of ether oxygens (including phenoxy) is 1. The minimum absolute atomic E-state index is 0.353. The van der Waals surface area contributed by atoms with Crippen LogP contribution >= 0.6 is 0 Å². The van der Waals surface area contributed by atoms with Crippen LogP contribution in [0.5, 0.6) is 0 Å². The van der Waals surface area contributed by atoms with Crippen LogP contribution in [0.3, 0.4) is 0 Å². The lowest BCUT2D eigenvalue weighted by atomic mass is 10.0. The highest BCUT2D eigenvalue weighted by molar-refractivity contribution is 4.66. The fourth-order valence-electron chi connectivity index (χ4n) is 3.97. The maximum absolute atomic E-state index is 10.0. The van der Waals surface area contributed by atoms with Gasteiger partial charge in [0.05, 0.1) is 25.4 Å². The van der Waals surface area contributed by atoms with E-state index in [0.29, 0.717) is 13.2 Å². The van der Waals surface area contributed by atoms with Crippen LogP contribution in [0.4, 0.5) is 0 Å². The minimum atomic E-state index is -0.391. The molecule has 0 aromatic heterocycles. The Morgan fingerprint density at radius 1 is 0.484 bits per heavy atom. The second kappa shape index (κ2) is 25.6. The molecule has 2 N–H and O–H groups in total. The molecule has 0 aliphatic rings. The molecule has 31 heavy (non-hydrogen) atoms. The Morgan fingerprint density at radius 3 is 1.10 bits per heavy atom. The number of hydrogen-bond donors (Lipinski definition) is 2. The van der Waals surface area contributed by atoms with Gasteiger partial charge in [0.15, 0.2) is 0 Å². The third-order valence-corrected chi connectivity index (χ3v) is 6.01. The molecule has 0 fully saturated rings. The van der Waals surface area contributed by atoms with Crippen molar-refractivity contribution in [3.05, 3.63) is 25.3 Å². The Hall–Kier alpha value is -0.640. The van der Waals surface area contributed by atoms with Crippen molar-refractivity contribution in [2.24, 2.45) is 0 Å². The predicted molar refractivity (Wildman–Crippen MR) is 136 cm³/mol. The van der Waals surface area contributed by atoms with E-state index in [2.05, 4.69) is 13.2 Å². The Bertz CT molecular complexity index is 335. The van der Waals surface area contributed by atoms with Gasteiger partial charge in [0.1, 0.15) is 0 Å². The predicted octanol–water partition coefficient (Wildman–Crippen LogP) is 7.90. The summed E-state index contributed by atoms with van der Waals surface area (Å²) >= 11 is 0. The molecule has 184 valence electrons. The molecule has 0 aliphatic heterocycles. The second-order valence-electron chi connectivity index (χ2n) is 9.23. The number of unbranched alkanes of at least 4 members (excludes halogenated alkanes) is 16. The van der Waals surface area contributed by atoms with Crippen LogP contribution in [-0.2, 0) is 4.74 Å². The fraction of sp³-hybridized carbons (Fsp3) is 0.857. The second-order valence-corrected chi connectivity index (χ2v) is 9.23. The highest BCUT2D eigenvalue weighted by Crippen LogP contribution is 2.13. The Balaban J connectivity index is 3.29. The standard InChI is InChI=1S/C28H54O3/c1-3-5-7-9-11-13-15-17-19-21-23-27(29)25-31-26-28(30)24-22-20-18-16-14-12-10-8-6-4-2/h3-4,27-30H,1-2,5-26H2. The summed E-state index contributed by atoms with van der Waals surface area (Å²) in [6, 6.07) is 0. The van der Waals surface area contributed by atoms with E-state index in [1.54, 1.807) is 0 Å². The van der Waals surface area contributed by atoms with Crippen molar-refractivity contribution in [2.75, 3.05) is 13.2 Å². The van der Waals surface area contributed by atoms with Gasteiger partial charge in [-0.1, -0.05) is 102 Å². The topological polar surface area (TPSA) is 49.7 Å². The van der Waals surface area contributed by atoms with Gasteiger partial charge in [0.25, 0.3) is 0 Å². The van der Waals surface area contributed by atoms with Crippen LogP contribution in [0, 0.1) is 0 Å². The van der Waals surface area contributed by atoms with Crippen molar-refractivity contribution in [3.63, 3.8) is 0 Å². The van der Waals surface area contributed by atoms with Crippen molar-refractivity contribution in [1.82, 2.24) is 0 Å². The summed E-state index contributed by atoms with van der Waals surface area (Å²) in [5, 5.41) is 20.1. The molecular formula is C28H54O3. The lowest BCUT2D eigenvalue weighted by Crippen LogP contribution is -2.21. The van der Waals surface area contributed by atoms with Crippen LogP contribution in [0.25, 0.3) is 0 Å². The van der Waals surface area contributed by atoms with Crippen molar-refractivity contribution in [3.8, 4) is 0 Å². The molecule has 0 aliphatic carbocycles. The van der Waals surface area contributed by atoms with Crippen molar-refractivity contribution >= 4 is 0 Å². The maximum atomic E-state index is 10.0. The van der Waals surface area contributed by atoms with E-state index in [4.69, 9.17) is 4.74 Å². The van der Waals surface area contributed by atoms with Gasteiger partial charge < -0.3 is 14.9 Å². The molecule has 2 unspecified atom stereocenters. The largest absolute Gasteiger partial charge is 0.391 e.